The van der Waals surface area contributed by atoms with Gasteiger partial charge in [-0.2, -0.15) is 0 Å². The van der Waals surface area contributed by atoms with E-state index < -0.39 is 5.97 Å². The highest BCUT2D eigenvalue weighted by atomic mass is 19.1. The van der Waals surface area contributed by atoms with Crippen LogP contribution >= 0.6 is 0 Å². The molecule has 3 rings (SSSR count). The van der Waals surface area contributed by atoms with E-state index in [1.54, 1.807) is 24.3 Å². The highest BCUT2D eigenvalue weighted by Gasteiger charge is 2.09. The van der Waals surface area contributed by atoms with E-state index in [2.05, 4.69) is 6.92 Å². The topological polar surface area (TPSA) is 26.3 Å². The lowest BCUT2D eigenvalue weighted by atomic mass is 10.0. The number of rotatable bonds is 6. The minimum Gasteiger partial charge on any atom is -0.423 e. The predicted molar refractivity (Wildman–Crippen MR) is 102 cm³/mol. The Morgan fingerprint density at radius 3 is 2.00 bits per heavy atom. The third-order valence-electron chi connectivity index (χ3n) is 4.25. The molecule has 0 fully saturated rings. The molecule has 0 saturated carbocycles. The van der Waals surface area contributed by atoms with E-state index in [1.165, 1.54) is 17.7 Å². The van der Waals surface area contributed by atoms with Crippen LogP contribution in [0.2, 0.25) is 0 Å². The second-order valence-corrected chi connectivity index (χ2v) is 6.22. The molecule has 0 saturated heterocycles. The largest absolute Gasteiger partial charge is 0.423 e. The molecule has 0 aliphatic heterocycles. The van der Waals surface area contributed by atoms with Crippen molar-refractivity contribution in [1.82, 2.24) is 0 Å². The summed E-state index contributed by atoms with van der Waals surface area (Å²) in [6.07, 6.45) is 3.35. The van der Waals surface area contributed by atoms with Gasteiger partial charge in [0.1, 0.15) is 11.6 Å². The van der Waals surface area contributed by atoms with Crippen LogP contribution in [-0.2, 0) is 6.42 Å². The Morgan fingerprint density at radius 1 is 0.846 bits per heavy atom. The van der Waals surface area contributed by atoms with Crippen LogP contribution < -0.4 is 4.74 Å². The molecule has 3 aromatic carbocycles. The van der Waals surface area contributed by atoms with Crippen LogP contribution in [0.15, 0.2) is 72.8 Å². The normalized spacial score (nSPS) is 10.5. The predicted octanol–water partition coefficient (Wildman–Crippen LogP) is 6.05. The van der Waals surface area contributed by atoms with Gasteiger partial charge in [-0.05, 0) is 65.9 Å². The van der Waals surface area contributed by atoms with Crippen molar-refractivity contribution in [2.24, 2.45) is 0 Å². The van der Waals surface area contributed by atoms with Crippen molar-refractivity contribution in [3.05, 3.63) is 89.7 Å². The lowest BCUT2D eigenvalue weighted by Gasteiger charge is -2.07. The zero-order valence-electron chi connectivity index (χ0n) is 14.7. The number of unbranched alkanes of at least 4 members (excludes halogenated alkanes) is 1. The highest BCUT2D eigenvalue weighted by molar-refractivity contribution is 5.91. The maximum atomic E-state index is 13.0. The molecular formula is C23H21FO2. The maximum Gasteiger partial charge on any atom is 0.343 e. The number of hydrogen-bond acceptors (Lipinski definition) is 2. The smallest absolute Gasteiger partial charge is 0.343 e. The summed E-state index contributed by atoms with van der Waals surface area (Å²) in [6.45, 7) is 2.16. The monoisotopic (exact) mass is 348 g/mol. The Morgan fingerprint density at radius 2 is 1.42 bits per heavy atom. The zero-order chi connectivity index (χ0) is 18.4. The van der Waals surface area contributed by atoms with Crippen LogP contribution in [0.25, 0.3) is 11.1 Å². The van der Waals surface area contributed by atoms with Crippen LogP contribution in [0.1, 0.15) is 35.7 Å². The fraction of sp³-hybridized carbons (Fsp3) is 0.174. The molecule has 26 heavy (non-hydrogen) atoms. The van der Waals surface area contributed by atoms with Crippen LogP contribution in [0.3, 0.4) is 0 Å². The van der Waals surface area contributed by atoms with E-state index in [9.17, 15) is 9.18 Å². The van der Waals surface area contributed by atoms with Gasteiger partial charge >= 0.3 is 5.97 Å². The molecule has 0 bridgehead atoms. The number of ether oxygens (including phenoxy) is 1. The Hall–Kier alpha value is -2.94. The molecule has 0 unspecified atom stereocenters. The van der Waals surface area contributed by atoms with Gasteiger partial charge in [0.15, 0.2) is 0 Å². The molecule has 3 aromatic rings. The van der Waals surface area contributed by atoms with Crippen molar-refractivity contribution in [2.75, 3.05) is 0 Å². The van der Waals surface area contributed by atoms with E-state index in [0.717, 1.165) is 30.4 Å². The molecule has 2 nitrogen and oxygen atoms in total. The third-order valence-corrected chi connectivity index (χ3v) is 4.25. The summed E-state index contributed by atoms with van der Waals surface area (Å²) in [5.41, 5.74) is 3.54. The molecule has 132 valence electrons. The van der Waals surface area contributed by atoms with E-state index in [1.807, 2.05) is 36.4 Å². The highest BCUT2D eigenvalue weighted by Crippen LogP contribution is 2.21. The molecule has 0 aliphatic rings. The molecule has 0 aliphatic carbocycles. The van der Waals surface area contributed by atoms with Gasteiger partial charge in [0.2, 0.25) is 0 Å². The summed E-state index contributed by atoms with van der Waals surface area (Å²) in [5.74, 6) is -0.121. The molecule has 0 heterocycles. The van der Waals surface area contributed by atoms with Crippen molar-refractivity contribution in [2.45, 2.75) is 26.2 Å². The number of benzene rings is 3. The van der Waals surface area contributed by atoms with Crippen LogP contribution in [0.4, 0.5) is 4.39 Å². The number of halogens is 1. The minimum absolute atomic E-state index is 0.269. The molecule has 0 atom stereocenters. The molecule has 0 aromatic heterocycles. The Balaban J connectivity index is 1.65. The van der Waals surface area contributed by atoms with Crippen molar-refractivity contribution >= 4 is 5.97 Å². The summed E-state index contributed by atoms with van der Waals surface area (Å²) >= 11 is 0. The summed E-state index contributed by atoms with van der Waals surface area (Å²) < 4.78 is 18.4. The average Bonchev–Trinajstić information content (AvgIpc) is 2.68. The summed E-state index contributed by atoms with van der Waals surface area (Å²) in [4.78, 5) is 12.3. The van der Waals surface area contributed by atoms with Gasteiger partial charge < -0.3 is 4.74 Å². The standard InChI is InChI=1S/C23H21FO2/c1-2-3-4-17-5-15-22(16-6-17)26-23(25)20-9-7-18(8-10-20)19-11-13-21(24)14-12-19/h5-16H,2-4H2,1H3. The molecule has 0 N–H and O–H groups in total. The van der Waals surface area contributed by atoms with Gasteiger partial charge in [0.25, 0.3) is 0 Å². The summed E-state index contributed by atoms with van der Waals surface area (Å²) in [6, 6.07) is 21.0. The molecule has 0 spiro atoms. The van der Waals surface area contributed by atoms with E-state index in [4.69, 9.17) is 4.74 Å². The first kappa shape index (κ1) is 17.9. The van der Waals surface area contributed by atoms with Crippen LogP contribution in [0.5, 0.6) is 5.75 Å². The zero-order valence-corrected chi connectivity index (χ0v) is 14.7. The number of carbonyl (C=O) groups excluding carboxylic acids is 1. The Kier molecular flexibility index (Phi) is 5.80. The van der Waals surface area contributed by atoms with Gasteiger partial charge in [-0.25, -0.2) is 9.18 Å². The van der Waals surface area contributed by atoms with Gasteiger partial charge in [0.05, 0.1) is 5.56 Å². The fourth-order valence-electron chi connectivity index (χ4n) is 2.71. The summed E-state index contributed by atoms with van der Waals surface area (Å²) in [5, 5.41) is 0. The van der Waals surface area contributed by atoms with Crippen molar-refractivity contribution in [1.29, 1.82) is 0 Å². The number of esters is 1. The second kappa shape index (κ2) is 8.43. The average molecular weight is 348 g/mol. The van der Waals surface area contributed by atoms with Gasteiger partial charge in [-0.1, -0.05) is 49.7 Å². The molecule has 3 heteroatoms. The van der Waals surface area contributed by atoms with Crippen molar-refractivity contribution in [3.63, 3.8) is 0 Å². The van der Waals surface area contributed by atoms with Gasteiger partial charge in [0, 0.05) is 0 Å². The number of hydrogen-bond donors (Lipinski definition) is 0. The first-order valence-corrected chi connectivity index (χ1v) is 8.83. The lowest BCUT2D eigenvalue weighted by molar-refractivity contribution is 0.0735. The van der Waals surface area contributed by atoms with E-state index in [0.29, 0.717) is 11.3 Å². The number of carbonyl (C=O) groups is 1. The van der Waals surface area contributed by atoms with Gasteiger partial charge in [-0.15, -0.1) is 0 Å². The minimum atomic E-state index is -0.392. The first-order valence-electron chi connectivity index (χ1n) is 8.83. The first-order chi connectivity index (χ1) is 12.7. The Bertz CT molecular complexity index is 850. The van der Waals surface area contributed by atoms with Crippen LogP contribution in [-0.4, -0.2) is 5.97 Å². The third kappa shape index (κ3) is 4.57. The molecule has 0 radical (unpaired) electrons. The quantitative estimate of drug-likeness (QED) is 0.400. The maximum absolute atomic E-state index is 13.0. The summed E-state index contributed by atoms with van der Waals surface area (Å²) in [7, 11) is 0. The van der Waals surface area contributed by atoms with Crippen LogP contribution in [0, 0.1) is 5.82 Å². The van der Waals surface area contributed by atoms with Crippen molar-refractivity contribution in [3.8, 4) is 16.9 Å². The van der Waals surface area contributed by atoms with E-state index in [-0.39, 0.29) is 5.82 Å². The van der Waals surface area contributed by atoms with Gasteiger partial charge in [-0.3, -0.25) is 0 Å². The molecular weight excluding hydrogens is 327 g/mol. The fourth-order valence-corrected chi connectivity index (χ4v) is 2.71. The number of aryl methyl sites for hydroxylation is 1. The molecule has 0 amide bonds. The SMILES string of the molecule is CCCCc1ccc(OC(=O)c2ccc(-c3ccc(F)cc3)cc2)cc1. The Labute approximate surface area is 153 Å². The van der Waals surface area contributed by atoms with E-state index >= 15 is 0 Å². The lowest BCUT2D eigenvalue weighted by Crippen LogP contribution is -2.08. The van der Waals surface area contributed by atoms with Crippen molar-refractivity contribution < 1.29 is 13.9 Å². The second-order valence-electron chi connectivity index (χ2n) is 6.22.